The Morgan fingerprint density at radius 1 is 1.20 bits per heavy atom. The second-order valence-corrected chi connectivity index (χ2v) is 8.08. The molecule has 1 atom stereocenters. The van der Waals surface area contributed by atoms with Gasteiger partial charge in [0.25, 0.3) is 11.6 Å². The number of nitrogens with zero attached hydrogens (tertiary/aromatic N) is 2. The minimum Gasteiger partial charge on any atom is -0.338 e. The van der Waals surface area contributed by atoms with Gasteiger partial charge in [-0.2, -0.15) is 0 Å². The standard InChI is InChI=1S/C21H21ClN4O4/c22-17-13-15(26(29)30)6-7-16(17)20(28)25-10-8-21(9-11-25)23-18(19(27)24-21)12-14-4-2-1-3-5-14/h1-7,13,18,23H,8-12H2,(H,24,27). The molecular weight excluding hydrogens is 408 g/mol. The lowest BCUT2D eigenvalue weighted by atomic mass is 9.96. The molecule has 4 rings (SSSR count). The molecule has 2 N–H and O–H groups in total. The number of hydrogen-bond acceptors (Lipinski definition) is 5. The van der Waals surface area contributed by atoms with E-state index in [2.05, 4.69) is 10.6 Å². The molecule has 1 spiro atoms. The molecule has 2 amide bonds. The molecule has 0 bridgehead atoms. The quantitative estimate of drug-likeness (QED) is 0.575. The fourth-order valence-electron chi connectivity index (χ4n) is 4.07. The van der Waals surface area contributed by atoms with Crippen molar-refractivity contribution in [1.29, 1.82) is 0 Å². The fraction of sp³-hybridized carbons (Fsp3) is 0.333. The average Bonchev–Trinajstić information content (AvgIpc) is 3.03. The summed E-state index contributed by atoms with van der Waals surface area (Å²) in [6.07, 6.45) is 1.75. The number of hydrogen-bond donors (Lipinski definition) is 2. The number of carbonyl (C=O) groups is 2. The first-order valence-electron chi connectivity index (χ1n) is 9.74. The molecule has 1 unspecified atom stereocenters. The molecule has 2 aliphatic rings. The number of piperidine rings is 1. The number of nitro benzene ring substituents is 1. The van der Waals surface area contributed by atoms with Gasteiger partial charge < -0.3 is 10.2 Å². The molecule has 0 radical (unpaired) electrons. The molecule has 0 aliphatic carbocycles. The molecule has 2 fully saturated rings. The van der Waals surface area contributed by atoms with Crippen LogP contribution in [0.2, 0.25) is 5.02 Å². The number of halogens is 1. The molecular formula is C21H21ClN4O4. The maximum atomic E-state index is 12.8. The van der Waals surface area contributed by atoms with Gasteiger partial charge >= 0.3 is 0 Å². The second kappa shape index (κ2) is 8.04. The molecule has 0 saturated carbocycles. The fourth-order valence-corrected chi connectivity index (χ4v) is 4.33. The topological polar surface area (TPSA) is 105 Å². The number of likely N-dealkylation sites (tertiary alicyclic amines) is 1. The number of amides is 2. The summed E-state index contributed by atoms with van der Waals surface area (Å²) >= 11 is 6.10. The van der Waals surface area contributed by atoms with Crippen LogP contribution in [0.5, 0.6) is 0 Å². The van der Waals surface area contributed by atoms with Crippen LogP contribution >= 0.6 is 11.6 Å². The number of carbonyl (C=O) groups excluding carboxylic acids is 2. The lowest BCUT2D eigenvalue weighted by Gasteiger charge is -2.39. The summed E-state index contributed by atoms with van der Waals surface area (Å²) in [6.45, 7) is 0.884. The van der Waals surface area contributed by atoms with Crippen molar-refractivity contribution in [1.82, 2.24) is 15.5 Å². The molecule has 30 heavy (non-hydrogen) atoms. The van der Waals surface area contributed by atoms with Crippen molar-refractivity contribution in [2.45, 2.75) is 31.0 Å². The van der Waals surface area contributed by atoms with Crippen molar-refractivity contribution in [3.05, 3.63) is 74.8 Å². The normalized spacial score (nSPS) is 20.2. The zero-order chi connectivity index (χ0) is 21.3. The maximum absolute atomic E-state index is 12.8. The van der Waals surface area contributed by atoms with Crippen LogP contribution in [0.1, 0.15) is 28.8 Å². The number of non-ortho nitro benzene ring substituents is 1. The van der Waals surface area contributed by atoms with Crippen molar-refractivity contribution < 1.29 is 14.5 Å². The molecule has 156 valence electrons. The zero-order valence-electron chi connectivity index (χ0n) is 16.1. The Hall–Kier alpha value is -2.97. The molecule has 0 aromatic heterocycles. The molecule has 2 aromatic rings. The van der Waals surface area contributed by atoms with E-state index in [1.54, 1.807) is 4.90 Å². The van der Waals surface area contributed by atoms with Gasteiger partial charge in [0.2, 0.25) is 5.91 Å². The molecule has 2 saturated heterocycles. The van der Waals surface area contributed by atoms with Gasteiger partial charge in [-0.15, -0.1) is 0 Å². The first-order valence-corrected chi connectivity index (χ1v) is 10.1. The van der Waals surface area contributed by atoms with Gasteiger partial charge in [-0.25, -0.2) is 0 Å². The van der Waals surface area contributed by atoms with E-state index >= 15 is 0 Å². The third-order valence-corrected chi connectivity index (χ3v) is 6.02. The monoisotopic (exact) mass is 428 g/mol. The van der Waals surface area contributed by atoms with Crippen LogP contribution in [0.15, 0.2) is 48.5 Å². The summed E-state index contributed by atoms with van der Waals surface area (Å²) in [4.78, 5) is 37.3. The third kappa shape index (κ3) is 4.01. The summed E-state index contributed by atoms with van der Waals surface area (Å²) in [6, 6.07) is 13.4. The van der Waals surface area contributed by atoms with E-state index in [1.165, 1.54) is 18.2 Å². The maximum Gasteiger partial charge on any atom is 0.270 e. The Morgan fingerprint density at radius 3 is 2.53 bits per heavy atom. The molecule has 2 aliphatic heterocycles. The second-order valence-electron chi connectivity index (χ2n) is 7.67. The van der Waals surface area contributed by atoms with E-state index in [1.807, 2.05) is 30.3 Å². The van der Waals surface area contributed by atoms with Crippen LogP contribution in [0, 0.1) is 10.1 Å². The van der Waals surface area contributed by atoms with Gasteiger partial charge in [0.15, 0.2) is 0 Å². The number of nitrogens with one attached hydrogen (secondary N) is 2. The Bertz CT molecular complexity index is 990. The van der Waals surface area contributed by atoms with Gasteiger partial charge in [-0.3, -0.25) is 25.0 Å². The Kier molecular flexibility index (Phi) is 5.44. The minimum atomic E-state index is -0.551. The molecule has 2 heterocycles. The highest BCUT2D eigenvalue weighted by Gasteiger charge is 2.45. The number of nitro groups is 1. The van der Waals surface area contributed by atoms with Crippen LogP contribution in [0.3, 0.4) is 0 Å². The van der Waals surface area contributed by atoms with E-state index in [0.29, 0.717) is 32.4 Å². The molecule has 8 nitrogen and oxygen atoms in total. The smallest absolute Gasteiger partial charge is 0.270 e. The van der Waals surface area contributed by atoms with E-state index in [-0.39, 0.29) is 34.1 Å². The van der Waals surface area contributed by atoms with Gasteiger partial charge in [0, 0.05) is 38.1 Å². The summed E-state index contributed by atoms with van der Waals surface area (Å²) in [5.74, 6) is -0.299. The highest BCUT2D eigenvalue weighted by atomic mass is 35.5. The first kappa shape index (κ1) is 20.3. The predicted molar refractivity (Wildman–Crippen MR) is 111 cm³/mol. The number of benzene rings is 2. The Labute approximate surface area is 178 Å². The SMILES string of the molecule is O=C1NC2(CCN(C(=O)c3ccc([N+](=O)[O-])cc3Cl)CC2)NC1Cc1ccccc1. The van der Waals surface area contributed by atoms with Gasteiger partial charge in [0.1, 0.15) is 0 Å². The minimum absolute atomic E-state index is 0.0305. The lowest BCUT2D eigenvalue weighted by Crippen LogP contribution is -2.58. The summed E-state index contributed by atoms with van der Waals surface area (Å²) in [7, 11) is 0. The van der Waals surface area contributed by atoms with Crippen LogP contribution in [0.4, 0.5) is 5.69 Å². The Balaban J connectivity index is 1.39. The summed E-state index contributed by atoms with van der Waals surface area (Å²) < 4.78 is 0. The van der Waals surface area contributed by atoms with Crippen LogP contribution in [-0.4, -0.2) is 46.4 Å². The van der Waals surface area contributed by atoms with Crippen LogP contribution in [-0.2, 0) is 11.2 Å². The first-order chi connectivity index (χ1) is 14.4. The lowest BCUT2D eigenvalue weighted by molar-refractivity contribution is -0.384. The van der Waals surface area contributed by atoms with Crippen molar-refractivity contribution in [2.75, 3.05) is 13.1 Å². The van der Waals surface area contributed by atoms with Crippen LogP contribution < -0.4 is 10.6 Å². The van der Waals surface area contributed by atoms with Gasteiger partial charge in [-0.1, -0.05) is 41.9 Å². The van der Waals surface area contributed by atoms with E-state index in [0.717, 1.165) is 5.56 Å². The van der Waals surface area contributed by atoms with Gasteiger partial charge in [-0.05, 0) is 18.1 Å². The van der Waals surface area contributed by atoms with E-state index in [9.17, 15) is 19.7 Å². The third-order valence-electron chi connectivity index (χ3n) is 5.71. The molecule has 9 heteroatoms. The van der Waals surface area contributed by atoms with Gasteiger partial charge in [0.05, 0.1) is 27.2 Å². The highest BCUT2D eigenvalue weighted by Crippen LogP contribution is 2.28. The Morgan fingerprint density at radius 2 is 1.90 bits per heavy atom. The summed E-state index contributed by atoms with van der Waals surface area (Å²) in [5.41, 5.74) is 0.648. The van der Waals surface area contributed by atoms with Crippen molar-refractivity contribution in [3.8, 4) is 0 Å². The van der Waals surface area contributed by atoms with E-state index in [4.69, 9.17) is 11.6 Å². The van der Waals surface area contributed by atoms with Crippen molar-refractivity contribution in [2.24, 2.45) is 0 Å². The van der Waals surface area contributed by atoms with Crippen molar-refractivity contribution in [3.63, 3.8) is 0 Å². The van der Waals surface area contributed by atoms with E-state index < -0.39 is 10.6 Å². The van der Waals surface area contributed by atoms with Crippen molar-refractivity contribution >= 4 is 29.1 Å². The average molecular weight is 429 g/mol. The summed E-state index contributed by atoms with van der Waals surface area (Å²) in [5, 5.41) is 17.4. The molecule has 2 aromatic carbocycles. The largest absolute Gasteiger partial charge is 0.338 e. The zero-order valence-corrected chi connectivity index (χ0v) is 16.9. The number of rotatable bonds is 4. The van der Waals surface area contributed by atoms with Crippen LogP contribution in [0.25, 0.3) is 0 Å². The highest BCUT2D eigenvalue weighted by molar-refractivity contribution is 6.34. The predicted octanol–water partition coefficient (Wildman–Crippen LogP) is 2.51.